The van der Waals surface area contributed by atoms with Gasteiger partial charge in [0, 0.05) is 0 Å². The van der Waals surface area contributed by atoms with Gasteiger partial charge in [-0.15, -0.1) is 0 Å². The molecule has 4 rings (SSSR count). The Bertz CT molecular complexity index is 899. The van der Waals surface area contributed by atoms with Crippen LogP contribution in [0.5, 0.6) is 5.75 Å². The summed E-state index contributed by atoms with van der Waals surface area (Å²) in [5.41, 5.74) is 0.281. The minimum atomic E-state index is -0.686. The molecule has 132 valence electrons. The molecule has 2 aromatic rings. The molecule has 0 N–H and O–H groups in total. The third-order valence-corrected chi connectivity index (χ3v) is 4.90. The quantitative estimate of drug-likeness (QED) is 0.367. The minimum absolute atomic E-state index is 0.00645. The molecule has 1 aliphatic heterocycles. The zero-order valence-electron chi connectivity index (χ0n) is 14.1. The van der Waals surface area contributed by atoms with Crippen LogP contribution in [0.1, 0.15) is 23.9 Å². The molecule has 1 fully saturated rings. The van der Waals surface area contributed by atoms with Crippen LogP contribution in [0.3, 0.4) is 0 Å². The zero-order chi connectivity index (χ0) is 18.3. The number of amides is 2. The molecular formula is C20H17NO5. The van der Waals surface area contributed by atoms with Crippen LogP contribution in [0, 0.1) is 17.8 Å². The summed E-state index contributed by atoms with van der Waals surface area (Å²) in [5.74, 6) is -1.74. The first kappa shape index (κ1) is 16.3. The number of imide groups is 1. The predicted octanol–water partition coefficient (Wildman–Crippen LogP) is 3.20. The number of esters is 1. The van der Waals surface area contributed by atoms with E-state index in [1.165, 1.54) is 12.3 Å². The summed E-state index contributed by atoms with van der Waals surface area (Å²) in [7, 11) is 0. The average Bonchev–Trinajstić information content (AvgIpc) is 3.25. The van der Waals surface area contributed by atoms with Crippen molar-refractivity contribution in [3.8, 4) is 5.75 Å². The van der Waals surface area contributed by atoms with E-state index in [0.717, 1.165) is 4.90 Å². The van der Waals surface area contributed by atoms with Crippen LogP contribution in [0.2, 0.25) is 0 Å². The van der Waals surface area contributed by atoms with Gasteiger partial charge in [-0.3, -0.25) is 9.59 Å². The summed E-state index contributed by atoms with van der Waals surface area (Å²) in [4.78, 5) is 39.2. The first-order chi connectivity index (χ1) is 12.6. The minimum Gasteiger partial charge on any atom is -0.457 e. The van der Waals surface area contributed by atoms with Crippen molar-refractivity contribution in [3.63, 3.8) is 0 Å². The lowest BCUT2D eigenvalue weighted by Gasteiger charge is -2.22. The molecule has 0 radical (unpaired) electrons. The molecule has 2 amide bonds. The molecule has 6 heteroatoms. The second-order valence-electron chi connectivity index (χ2n) is 6.50. The van der Waals surface area contributed by atoms with Gasteiger partial charge in [0.1, 0.15) is 0 Å². The van der Waals surface area contributed by atoms with Crippen molar-refractivity contribution in [2.75, 3.05) is 4.90 Å². The van der Waals surface area contributed by atoms with Gasteiger partial charge in [-0.2, -0.15) is 0 Å². The molecule has 1 aromatic carbocycles. The number of anilines is 1. The highest BCUT2D eigenvalue weighted by Gasteiger charge is 2.51. The van der Waals surface area contributed by atoms with Crippen molar-refractivity contribution < 1.29 is 23.5 Å². The molecule has 0 unspecified atom stereocenters. The molecule has 26 heavy (non-hydrogen) atoms. The number of hydrogen-bond donors (Lipinski definition) is 0. The molecular weight excluding hydrogens is 334 g/mol. The van der Waals surface area contributed by atoms with Gasteiger partial charge in [-0.05, 0) is 36.6 Å². The lowest BCUT2D eigenvalue weighted by molar-refractivity contribution is -0.122. The number of ether oxygens (including phenoxy) is 1. The van der Waals surface area contributed by atoms with Gasteiger partial charge in [-0.25, -0.2) is 9.69 Å². The third kappa shape index (κ3) is 2.54. The smallest absolute Gasteiger partial charge is 0.379 e. The van der Waals surface area contributed by atoms with Gasteiger partial charge < -0.3 is 9.15 Å². The maximum Gasteiger partial charge on any atom is 0.379 e. The zero-order valence-corrected chi connectivity index (χ0v) is 14.1. The maximum atomic E-state index is 12.9. The van der Waals surface area contributed by atoms with Crippen LogP contribution in [0.25, 0.3) is 0 Å². The van der Waals surface area contributed by atoms with Gasteiger partial charge in [0.25, 0.3) is 0 Å². The van der Waals surface area contributed by atoms with E-state index >= 15 is 0 Å². The number of furan rings is 1. The predicted molar refractivity (Wildman–Crippen MR) is 92.5 cm³/mol. The summed E-state index contributed by atoms with van der Waals surface area (Å²) in [6, 6.07) is 9.60. The highest BCUT2D eigenvalue weighted by atomic mass is 16.5. The molecule has 1 aromatic heterocycles. The Morgan fingerprint density at radius 2 is 1.96 bits per heavy atom. The normalized spacial score (nSPS) is 24.7. The highest BCUT2D eigenvalue weighted by Crippen LogP contribution is 2.42. The number of fused-ring (bicyclic) bond motifs is 1. The van der Waals surface area contributed by atoms with Gasteiger partial charge in [0.05, 0.1) is 23.8 Å². The molecule has 0 bridgehead atoms. The molecule has 1 saturated heterocycles. The monoisotopic (exact) mass is 351 g/mol. The fraction of sp³-hybridized carbons (Fsp3) is 0.250. The Labute approximate surface area is 150 Å². The number of benzene rings is 1. The highest BCUT2D eigenvalue weighted by molar-refractivity contribution is 6.23. The molecule has 0 saturated carbocycles. The van der Waals surface area contributed by atoms with Crippen molar-refractivity contribution in [1.29, 1.82) is 0 Å². The Kier molecular flexibility index (Phi) is 3.95. The molecule has 0 spiro atoms. The van der Waals surface area contributed by atoms with E-state index < -0.39 is 5.97 Å². The third-order valence-electron chi connectivity index (χ3n) is 4.90. The maximum absolute atomic E-state index is 12.9. The Morgan fingerprint density at radius 3 is 2.69 bits per heavy atom. The largest absolute Gasteiger partial charge is 0.457 e. The number of carbonyl (C=O) groups excluding carboxylic acids is 3. The lowest BCUT2D eigenvalue weighted by Crippen LogP contribution is -2.32. The van der Waals surface area contributed by atoms with E-state index in [0.29, 0.717) is 6.42 Å². The van der Waals surface area contributed by atoms with Gasteiger partial charge in [0.15, 0.2) is 5.75 Å². The van der Waals surface area contributed by atoms with Crippen LogP contribution in [-0.4, -0.2) is 17.8 Å². The van der Waals surface area contributed by atoms with Crippen molar-refractivity contribution in [2.24, 2.45) is 17.8 Å². The molecule has 2 aliphatic rings. The molecule has 6 nitrogen and oxygen atoms in total. The van der Waals surface area contributed by atoms with E-state index in [1.807, 2.05) is 19.1 Å². The van der Waals surface area contributed by atoms with E-state index in [9.17, 15) is 14.4 Å². The van der Waals surface area contributed by atoms with Crippen LogP contribution in [0.4, 0.5) is 5.69 Å². The summed E-state index contributed by atoms with van der Waals surface area (Å²) in [5, 5.41) is 0. The number of para-hydroxylation sites is 2. The van der Waals surface area contributed by atoms with Crippen LogP contribution < -0.4 is 9.64 Å². The first-order valence-electron chi connectivity index (χ1n) is 8.47. The number of carbonyl (C=O) groups is 3. The SMILES string of the molecule is C[C@H]1C=CC[C@@H]2C(=O)N(c3ccccc3OC(=O)c3ccco3)C(=O)[C@@H]21. The fourth-order valence-electron chi connectivity index (χ4n) is 3.66. The van der Waals surface area contributed by atoms with Crippen molar-refractivity contribution >= 4 is 23.5 Å². The number of nitrogens with zero attached hydrogens (tertiary/aromatic N) is 1. The van der Waals surface area contributed by atoms with E-state index in [-0.39, 0.29) is 46.8 Å². The van der Waals surface area contributed by atoms with Crippen molar-refractivity contribution in [1.82, 2.24) is 0 Å². The number of hydrogen-bond acceptors (Lipinski definition) is 5. The fourth-order valence-corrected chi connectivity index (χ4v) is 3.66. The summed E-state index contributed by atoms with van der Waals surface area (Å²) >= 11 is 0. The standard InChI is InChI=1S/C20H17NO5/c1-12-6-4-7-13-17(12)19(23)21(18(13)22)14-8-2-3-9-15(14)26-20(24)16-10-5-11-25-16/h2-6,8-13,17H,7H2,1H3/t12-,13-,17+/m0/s1. The topological polar surface area (TPSA) is 76.8 Å². The Hall–Kier alpha value is -3.15. The van der Waals surface area contributed by atoms with Crippen LogP contribution in [-0.2, 0) is 9.59 Å². The molecule has 2 heterocycles. The van der Waals surface area contributed by atoms with Crippen LogP contribution >= 0.6 is 0 Å². The van der Waals surface area contributed by atoms with Gasteiger partial charge >= 0.3 is 5.97 Å². The van der Waals surface area contributed by atoms with Gasteiger partial charge in [0.2, 0.25) is 17.6 Å². The first-order valence-corrected chi connectivity index (χ1v) is 8.47. The average molecular weight is 351 g/mol. The molecule has 1 aliphatic carbocycles. The van der Waals surface area contributed by atoms with Crippen LogP contribution in [0.15, 0.2) is 59.2 Å². The van der Waals surface area contributed by atoms with E-state index in [2.05, 4.69) is 0 Å². The molecule has 3 atom stereocenters. The van der Waals surface area contributed by atoms with E-state index in [4.69, 9.17) is 9.15 Å². The van der Waals surface area contributed by atoms with E-state index in [1.54, 1.807) is 30.3 Å². The van der Waals surface area contributed by atoms with Crippen molar-refractivity contribution in [3.05, 3.63) is 60.6 Å². The number of rotatable bonds is 3. The van der Waals surface area contributed by atoms with Crippen molar-refractivity contribution in [2.45, 2.75) is 13.3 Å². The second-order valence-corrected chi connectivity index (χ2v) is 6.50. The summed E-state index contributed by atoms with van der Waals surface area (Å²) in [6.07, 6.45) is 5.83. The number of allylic oxidation sites excluding steroid dienone is 2. The Balaban J connectivity index is 1.67. The summed E-state index contributed by atoms with van der Waals surface area (Å²) < 4.78 is 10.4. The van der Waals surface area contributed by atoms with Gasteiger partial charge in [-0.1, -0.05) is 31.2 Å². The second kappa shape index (κ2) is 6.29. The lowest BCUT2D eigenvalue weighted by atomic mass is 9.78. The Morgan fingerprint density at radius 1 is 1.15 bits per heavy atom. The summed E-state index contributed by atoms with van der Waals surface area (Å²) in [6.45, 7) is 1.94.